The van der Waals surface area contributed by atoms with Crippen molar-refractivity contribution in [3.63, 3.8) is 0 Å². The topological polar surface area (TPSA) is 72.0 Å². The van der Waals surface area contributed by atoms with Gasteiger partial charge in [-0.2, -0.15) is 0 Å². The summed E-state index contributed by atoms with van der Waals surface area (Å²) < 4.78 is 0. The molecule has 132 valence electrons. The largest absolute Gasteiger partial charge is 0.326 e. The van der Waals surface area contributed by atoms with Gasteiger partial charge in [0.15, 0.2) is 5.78 Å². The van der Waals surface area contributed by atoms with Crippen LogP contribution in [0, 0.1) is 5.41 Å². The van der Waals surface area contributed by atoms with E-state index in [1.807, 2.05) is 20.8 Å². The van der Waals surface area contributed by atoms with Crippen molar-refractivity contribution in [1.29, 1.82) is 0 Å². The van der Waals surface area contributed by atoms with Crippen LogP contribution in [-0.4, -0.2) is 21.7 Å². The van der Waals surface area contributed by atoms with E-state index in [0.717, 1.165) is 0 Å². The van der Waals surface area contributed by atoms with Gasteiger partial charge in [-0.15, -0.1) is 0 Å². The number of rotatable bonds is 3. The van der Waals surface area contributed by atoms with E-state index < -0.39 is 5.41 Å². The zero-order chi connectivity index (χ0) is 18.9. The third kappa shape index (κ3) is 3.89. The van der Waals surface area contributed by atoms with E-state index in [1.54, 1.807) is 42.5 Å². The maximum Gasteiger partial charge on any atom is 0.229 e. The van der Waals surface area contributed by atoms with Crippen molar-refractivity contribution in [1.82, 2.24) is 9.97 Å². The summed E-state index contributed by atoms with van der Waals surface area (Å²) in [4.78, 5) is 33.1. The molecule has 1 heterocycles. The smallest absolute Gasteiger partial charge is 0.229 e. The molecule has 3 rings (SSSR count). The molecule has 1 N–H and O–H groups in total. The minimum atomic E-state index is -0.484. The van der Waals surface area contributed by atoms with Crippen LogP contribution in [0.4, 0.5) is 5.69 Å². The molecular weight excluding hydrogens is 350 g/mol. The molecule has 0 fully saturated rings. The first kappa shape index (κ1) is 18.0. The number of fused-ring (bicyclic) bond motifs is 1. The quantitative estimate of drug-likeness (QED) is 0.692. The fourth-order valence-electron chi connectivity index (χ4n) is 2.32. The fourth-order valence-corrected chi connectivity index (χ4v) is 2.46. The van der Waals surface area contributed by atoms with Gasteiger partial charge in [-0.25, -0.2) is 4.98 Å². The van der Waals surface area contributed by atoms with Crippen LogP contribution in [0.5, 0.6) is 0 Å². The maximum absolute atomic E-state index is 12.7. The van der Waals surface area contributed by atoms with Gasteiger partial charge in [0, 0.05) is 22.2 Å². The molecule has 26 heavy (non-hydrogen) atoms. The van der Waals surface area contributed by atoms with Crippen molar-refractivity contribution < 1.29 is 9.59 Å². The summed E-state index contributed by atoms with van der Waals surface area (Å²) in [7, 11) is 0. The number of aromatic nitrogens is 2. The number of amides is 1. The average molecular weight is 368 g/mol. The van der Waals surface area contributed by atoms with Crippen molar-refractivity contribution >= 4 is 40.0 Å². The average Bonchev–Trinajstić information content (AvgIpc) is 2.60. The van der Waals surface area contributed by atoms with Crippen LogP contribution in [0.15, 0.2) is 48.7 Å². The number of benzene rings is 2. The van der Waals surface area contributed by atoms with Gasteiger partial charge < -0.3 is 5.32 Å². The van der Waals surface area contributed by atoms with Crippen molar-refractivity contribution in [2.75, 3.05) is 5.32 Å². The highest BCUT2D eigenvalue weighted by atomic mass is 35.5. The Balaban J connectivity index is 1.83. The minimum Gasteiger partial charge on any atom is -0.326 e. The highest BCUT2D eigenvalue weighted by Crippen LogP contribution is 2.20. The molecule has 3 aromatic rings. The molecule has 6 heteroatoms. The summed E-state index contributed by atoms with van der Waals surface area (Å²) in [5.41, 5.74) is 2.43. The summed E-state index contributed by atoms with van der Waals surface area (Å²) >= 11 is 5.87. The first-order valence-corrected chi connectivity index (χ1v) is 8.50. The summed E-state index contributed by atoms with van der Waals surface area (Å²) in [5.74, 6) is -0.219. The number of carbonyl (C=O) groups excluding carboxylic acids is 2. The van der Waals surface area contributed by atoms with Gasteiger partial charge in [-0.3, -0.25) is 14.6 Å². The number of nitrogens with zero attached hydrogens (tertiary/aromatic N) is 2. The molecule has 0 spiro atoms. The molecule has 5 nitrogen and oxygen atoms in total. The maximum atomic E-state index is 12.7. The summed E-state index contributed by atoms with van der Waals surface area (Å²) in [5, 5.41) is 3.11. The molecule has 0 aliphatic rings. The Morgan fingerprint density at radius 2 is 1.62 bits per heavy atom. The van der Waals surface area contributed by atoms with Crippen molar-refractivity contribution in [2.45, 2.75) is 20.8 Å². The highest BCUT2D eigenvalue weighted by Gasteiger charge is 2.21. The van der Waals surface area contributed by atoms with Crippen LogP contribution in [0.1, 0.15) is 36.7 Å². The molecule has 0 unspecified atom stereocenters. The van der Waals surface area contributed by atoms with Crippen LogP contribution in [0.25, 0.3) is 11.0 Å². The lowest BCUT2D eigenvalue weighted by Crippen LogP contribution is -2.27. The number of nitrogens with one attached hydrogen (secondary N) is 1. The second-order valence-electron chi connectivity index (χ2n) is 7.01. The van der Waals surface area contributed by atoms with Gasteiger partial charge in [0.1, 0.15) is 5.15 Å². The lowest BCUT2D eigenvalue weighted by atomic mass is 9.95. The van der Waals surface area contributed by atoms with Gasteiger partial charge in [0.25, 0.3) is 0 Å². The molecule has 0 radical (unpaired) electrons. The zero-order valence-electron chi connectivity index (χ0n) is 14.7. The highest BCUT2D eigenvalue weighted by molar-refractivity contribution is 6.29. The van der Waals surface area contributed by atoms with E-state index in [0.29, 0.717) is 27.8 Å². The number of halogens is 1. The van der Waals surface area contributed by atoms with E-state index in [9.17, 15) is 9.59 Å². The molecule has 0 aliphatic carbocycles. The predicted octanol–water partition coefficient (Wildman–Crippen LogP) is 4.50. The molecule has 1 aromatic heterocycles. The summed E-state index contributed by atoms with van der Waals surface area (Å²) in [6.45, 7) is 5.53. The molecule has 2 aromatic carbocycles. The van der Waals surface area contributed by atoms with E-state index in [4.69, 9.17) is 11.6 Å². The summed E-state index contributed by atoms with van der Waals surface area (Å²) in [6, 6.07) is 11.9. The van der Waals surface area contributed by atoms with E-state index in [1.165, 1.54) is 6.20 Å². The van der Waals surface area contributed by atoms with Crippen LogP contribution in [0.3, 0.4) is 0 Å². The number of hydrogen-bond acceptors (Lipinski definition) is 4. The Morgan fingerprint density at radius 3 is 2.27 bits per heavy atom. The van der Waals surface area contributed by atoms with Gasteiger partial charge in [0.05, 0.1) is 17.2 Å². The molecule has 0 saturated carbocycles. The first-order valence-electron chi connectivity index (χ1n) is 8.12. The molecule has 0 saturated heterocycles. The number of hydrogen-bond donors (Lipinski definition) is 1. The van der Waals surface area contributed by atoms with Gasteiger partial charge in [0.2, 0.25) is 5.91 Å². The Morgan fingerprint density at radius 1 is 0.962 bits per heavy atom. The molecular formula is C20H18ClN3O2. The van der Waals surface area contributed by atoms with E-state index >= 15 is 0 Å². The Kier molecular flexibility index (Phi) is 4.74. The standard InChI is InChI=1S/C20H18ClN3O2/c1-20(2,3)19(26)23-14-7-4-12(5-8-14)18(25)13-6-9-15-16(10-13)24-17(21)11-22-15/h4-11H,1-3H3,(H,23,26). The van der Waals surface area contributed by atoms with Gasteiger partial charge >= 0.3 is 0 Å². The molecule has 1 amide bonds. The summed E-state index contributed by atoms with van der Waals surface area (Å²) in [6.07, 6.45) is 1.47. The first-order chi connectivity index (χ1) is 12.2. The monoisotopic (exact) mass is 367 g/mol. The molecule has 0 atom stereocenters. The SMILES string of the molecule is CC(C)(C)C(=O)Nc1ccc(C(=O)c2ccc3ncc(Cl)nc3c2)cc1. The fraction of sp³-hybridized carbons (Fsp3) is 0.200. The number of ketones is 1. The third-order valence-electron chi connectivity index (χ3n) is 3.86. The van der Waals surface area contributed by atoms with Crippen LogP contribution < -0.4 is 5.32 Å². The molecule has 0 aliphatic heterocycles. The van der Waals surface area contributed by atoms with Crippen molar-refractivity contribution in [3.8, 4) is 0 Å². The van der Waals surface area contributed by atoms with E-state index in [-0.39, 0.29) is 16.8 Å². The second-order valence-corrected chi connectivity index (χ2v) is 7.39. The third-order valence-corrected chi connectivity index (χ3v) is 4.04. The van der Waals surface area contributed by atoms with Crippen LogP contribution >= 0.6 is 11.6 Å². The van der Waals surface area contributed by atoms with Gasteiger partial charge in [-0.1, -0.05) is 32.4 Å². The number of anilines is 1. The van der Waals surface area contributed by atoms with Gasteiger partial charge in [-0.05, 0) is 42.5 Å². The van der Waals surface area contributed by atoms with Crippen molar-refractivity contribution in [3.05, 3.63) is 64.9 Å². The van der Waals surface area contributed by atoms with Crippen molar-refractivity contribution in [2.24, 2.45) is 5.41 Å². The normalized spacial score (nSPS) is 11.4. The Hall–Kier alpha value is -2.79. The predicted molar refractivity (Wildman–Crippen MR) is 103 cm³/mol. The van der Waals surface area contributed by atoms with Crippen LogP contribution in [-0.2, 0) is 4.79 Å². The Labute approximate surface area is 156 Å². The lowest BCUT2D eigenvalue weighted by Gasteiger charge is -2.17. The number of carbonyl (C=O) groups is 2. The lowest BCUT2D eigenvalue weighted by molar-refractivity contribution is -0.123. The second kappa shape index (κ2) is 6.84. The van der Waals surface area contributed by atoms with E-state index in [2.05, 4.69) is 15.3 Å². The molecule has 0 bridgehead atoms. The Bertz CT molecular complexity index is 992. The minimum absolute atomic E-state index is 0.0819. The van der Waals surface area contributed by atoms with Crippen LogP contribution in [0.2, 0.25) is 5.15 Å². The zero-order valence-corrected chi connectivity index (χ0v) is 15.5.